The highest BCUT2D eigenvalue weighted by Gasteiger charge is 2.42. The quantitative estimate of drug-likeness (QED) is 0.560. The number of hydrogen-bond donors (Lipinski definition) is 0. The van der Waals surface area contributed by atoms with E-state index in [9.17, 15) is 4.79 Å². The molecule has 0 aromatic rings. The van der Waals surface area contributed by atoms with Gasteiger partial charge < -0.3 is 4.74 Å². The van der Waals surface area contributed by atoms with Gasteiger partial charge in [0.15, 0.2) is 0 Å². The van der Waals surface area contributed by atoms with Crippen LogP contribution in [-0.2, 0) is 9.53 Å². The van der Waals surface area contributed by atoms with Crippen LogP contribution in [0, 0.1) is 11.8 Å². The number of carbonyl (C=O) groups is 1. The van der Waals surface area contributed by atoms with E-state index in [1.165, 1.54) is 0 Å². The van der Waals surface area contributed by atoms with Crippen LogP contribution in [0.2, 0.25) is 0 Å². The van der Waals surface area contributed by atoms with Gasteiger partial charge in [0.1, 0.15) is 6.10 Å². The van der Waals surface area contributed by atoms with Crippen molar-refractivity contribution in [3.8, 4) is 0 Å². The molecular weight excluding hydrogens is 192 g/mol. The minimum atomic E-state index is 0.0301. The molecule has 2 heterocycles. The molecule has 0 aromatic carbocycles. The molecule has 2 nitrogen and oxygen atoms in total. The summed E-state index contributed by atoms with van der Waals surface area (Å²) in [6.45, 7) is 2.13. The van der Waals surface area contributed by atoms with E-state index in [0.29, 0.717) is 5.92 Å². The van der Waals surface area contributed by atoms with Gasteiger partial charge in [0, 0.05) is 22.5 Å². The SMILES string of the molecule is CC1C2CSCSCC1C(=O)O2. The Kier molecular flexibility index (Phi) is 2.55. The summed E-state index contributed by atoms with van der Waals surface area (Å²) in [6.07, 6.45) is 0.188. The van der Waals surface area contributed by atoms with Crippen LogP contribution in [0.3, 0.4) is 0 Å². The second kappa shape index (κ2) is 3.50. The third-order valence-corrected chi connectivity index (χ3v) is 5.03. The Morgan fingerprint density at radius 2 is 2.17 bits per heavy atom. The molecule has 0 amide bonds. The molecule has 2 aliphatic rings. The lowest BCUT2D eigenvalue weighted by Gasteiger charge is -2.18. The first-order valence-electron chi connectivity index (χ1n) is 4.15. The lowest BCUT2D eigenvalue weighted by atomic mass is 9.95. The molecule has 0 aliphatic carbocycles. The molecule has 68 valence electrons. The van der Waals surface area contributed by atoms with Gasteiger partial charge in [-0.1, -0.05) is 6.92 Å². The van der Waals surface area contributed by atoms with E-state index in [1.54, 1.807) is 0 Å². The highest BCUT2D eigenvalue weighted by molar-refractivity contribution is 8.16. The maximum absolute atomic E-state index is 11.3. The lowest BCUT2D eigenvalue weighted by molar-refractivity contribution is -0.143. The smallest absolute Gasteiger partial charge is 0.310 e. The lowest BCUT2D eigenvalue weighted by Crippen LogP contribution is -2.23. The first-order chi connectivity index (χ1) is 5.79. The Bertz CT molecular complexity index is 195. The van der Waals surface area contributed by atoms with Gasteiger partial charge in [-0.2, -0.15) is 11.8 Å². The van der Waals surface area contributed by atoms with E-state index in [4.69, 9.17) is 4.74 Å². The van der Waals surface area contributed by atoms with Crippen LogP contribution in [0.1, 0.15) is 6.92 Å². The predicted molar refractivity (Wildman–Crippen MR) is 52.3 cm³/mol. The molecule has 2 rings (SSSR count). The minimum Gasteiger partial charge on any atom is -0.461 e. The zero-order chi connectivity index (χ0) is 8.55. The molecule has 0 spiro atoms. The van der Waals surface area contributed by atoms with Crippen molar-refractivity contribution in [2.24, 2.45) is 11.8 Å². The van der Waals surface area contributed by atoms with Crippen molar-refractivity contribution in [2.45, 2.75) is 13.0 Å². The van der Waals surface area contributed by atoms with Crippen molar-refractivity contribution in [2.75, 3.05) is 16.6 Å². The first-order valence-corrected chi connectivity index (χ1v) is 6.46. The number of ether oxygens (including phenoxy) is 1. The number of rotatable bonds is 0. The molecule has 4 heteroatoms. The molecule has 0 radical (unpaired) electrons. The van der Waals surface area contributed by atoms with Crippen molar-refractivity contribution >= 4 is 29.5 Å². The van der Waals surface area contributed by atoms with E-state index >= 15 is 0 Å². The number of hydrogen-bond acceptors (Lipinski definition) is 4. The molecule has 0 N–H and O–H groups in total. The Morgan fingerprint density at radius 1 is 1.42 bits per heavy atom. The minimum absolute atomic E-state index is 0.0301. The van der Waals surface area contributed by atoms with Crippen molar-refractivity contribution in [1.29, 1.82) is 0 Å². The van der Waals surface area contributed by atoms with Crippen LogP contribution in [0.5, 0.6) is 0 Å². The van der Waals surface area contributed by atoms with Gasteiger partial charge >= 0.3 is 5.97 Å². The summed E-state index contributed by atoms with van der Waals surface area (Å²) in [5.74, 6) is 2.56. The average Bonchev–Trinajstić information content (AvgIpc) is 2.33. The van der Waals surface area contributed by atoms with E-state index in [-0.39, 0.29) is 18.0 Å². The Hall–Kier alpha value is 0.170. The fourth-order valence-electron chi connectivity index (χ4n) is 1.62. The average molecular weight is 204 g/mol. The zero-order valence-electron chi connectivity index (χ0n) is 6.99. The number of thioether (sulfide) groups is 2. The topological polar surface area (TPSA) is 26.3 Å². The molecule has 2 aliphatic heterocycles. The molecule has 2 saturated heterocycles. The molecule has 0 aromatic heterocycles. The standard InChI is InChI=1S/C8H12O2S2/c1-5-6-2-11-4-12-3-7(5)10-8(6)9/h5-7H,2-4H2,1H3. The summed E-state index contributed by atoms with van der Waals surface area (Å²) >= 11 is 3.74. The van der Waals surface area contributed by atoms with E-state index < -0.39 is 0 Å². The summed E-state index contributed by atoms with van der Waals surface area (Å²) in [6, 6.07) is 0. The van der Waals surface area contributed by atoms with E-state index in [0.717, 1.165) is 16.6 Å². The third-order valence-electron chi connectivity index (χ3n) is 2.54. The third kappa shape index (κ3) is 1.46. The Labute approximate surface area is 80.8 Å². The highest BCUT2D eigenvalue weighted by Crippen LogP contribution is 2.36. The van der Waals surface area contributed by atoms with Gasteiger partial charge in [-0.05, 0) is 0 Å². The molecule has 3 unspecified atom stereocenters. The molecular formula is C8H12O2S2. The largest absolute Gasteiger partial charge is 0.461 e. The number of carbonyl (C=O) groups excluding carboxylic acids is 1. The number of fused-ring (bicyclic) bond motifs is 2. The van der Waals surface area contributed by atoms with Gasteiger partial charge in [-0.15, -0.1) is 11.8 Å². The van der Waals surface area contributed by atoms with Crippen molar-refractivity contribution in [1.82, 2.24) is 0 Å². The maximum atomic E-state index is 11.3. The zero-order valence-corrected chi connectivity index (χ0v) is 8.62. The summed E-state index contributed by atoms with van der Waals surface area (Å²) in [5.41, 5.74) is 0. The van der Waals surface area contributed by atoms with Gasteiger partial charge in [0.05, 0.1) is 5.92 Å². The first kappa shape index (κ1) is 8.75. The van der Waals surface area contributed by atoms with E-state index in [2.05, 4.69) is 6.92 Å². The van der Waals surface area contributed by atoms with Gasteiger partial charge in [0.2, 0.25) is 0 Å². The van der Waals surface area contributed by atoms with Gasteiger partial charge in [-0.25, -0.2) is 0 Å². The van der Waals surface area contributed by atoms with Gasteiger partial charge in [-0.3, -0.25) is 4.79 Å². The fraction of sp³-hybridized carbons (Fsp3) is 0.875. The van der Waals surface area contributed by atoms with Crippen molar-refractivity contribution < 1.29 is 9.53 Å². The van der Waals surface area contributed by atoms with Crippen LogP contribution in [-0.4, -0.2) is 28.7 Å². The predicted octanol–water partition coefficient (Wildman–Crippen LogP) is 1.60. The molecule has 12 heavy (non-hydrogen) atoms. The van der Waals surface area contributed by atoms with Crippen LogP contribution >= 0.6 is 23.5 Å². The Morgan fingerprint density at radius 3 is 3.00 bits per heavy atom. The van der Waals surface area contributed by atoms with Crippen molar-refractivity contribution in [3.05, 3.63) is 0 Å². The number of esters is 1. The monoisotopic (exact) mass is 204 g/mol. The molecule has 0 saturated carbocycles. The van der Waals surface area contributed by atoms with Crippen LogP contribution < -0.4 is 0 Å². The summed E-state index contributed by atoms with van der Waals surface area (Å²) in [4.78, 5) is 11.3. The Balaban J connectivity index is 2.12. The summed E-state index contributed by atoms with van der Waals surface area (Å²) in [5, 5.41) is 1.11. The molecule has 2 fully saturated rings. The summed E-state index contributed by atoms with van der Waals surface area (Å²) in [7, 11) is 0. The highest BCUT2D eigenvalue weighted by atomic mass is 32.2. The second-order valence-corrected chi connectivity index (χ2v) is 5.73. The van der Waals surface area contributed by atoms with Crippen LogP contribution in [0.15, 0.2) is 0 Å². The van der Waals surface area contributed by atoms with E-state index in [1.807, 2.05) is 23.5 Å². The summed E-state index contributed by atoms with van der Waals surface area (Å²) < 4.78 is 5.28. The van der Waals surface area contributed by atoms with Crippen molar-refractivity contribution in [3.63, 3.8) is 0 Å². The van der Waals surface area contributed by atoms with Crippen LogP contribution in [0.4, 0.5) is 0 Å². The fourth-order valence-corrected chi connectivity index (χ4v) is 4.16. The normalized spacial score (nSPS) is 41.8. The van der Waals surface area contributed by atoms with Crippen LogP contribution in [0.25, 0.3) is 0 Å². The second-order valence-electron chi connectivity index (χ2n) is 3.30. The molecule has 2 bridgehead atoms. The maximum Gasteiger partial charge on any atom is 0.310 e. The van der Waals surface area contributed by atoms with Gasteiger partial charge in [0.25, 0.3) is 0 Å². The molecule has 3 atom stereocenters.